The van der Waals surface area contributed by atoms with Crippen molar-refractivity contribution in [2.75, 3.05) is 4.90 Å². The average Bonchev–Trinajstić information content (AvgIpc) is 2.93. The van der Waals surface area contributed by atoms with Gasteiger partial charge in [-0.15, -0.1) is 0 Å². The lowest BCUT2D eigenvalue weighted by Crippen LogP contribution is -2.31. The van der Waals surface area contributed by atoms with Gasteiger partial charge in [0, 0.05) is 0 Å². The highest BCUT2D eigenvalue weighted by Gasteiger charge is 2.40. The number of hydrogen-bond donors (Lipinski definition) is 1. The van der Waals surface area contributed by atoms with Crippen molar-refractivity contribution >= 4 is 23.1 Å². The summed E-state index contributed by atoms with van der Waals surface area (Å²) in [5.41, 5.74) is 1.90. The first kappa shape index (κ1) is 17.5. The Morgan fingerprint density at radius 1 is 0.750 bits per heavy atom. The van der Waals surface area contributed by atoms with Gasteiger partial charge < -0.3 is 9.84 Å². The van der Waals surface area contributed by atoms with Gasteiger partial charge in [0.1, 0.15) is 11.5 Å². The summed E-state index contributed by atoms with van der Waals surface area (Å²) in [5.74, 6) is -0.576. The predicted molar refractivity (Wildman–Crippen MR) is 106 cm³/mol. The topological polar surface area (TPSA) is 66.8 Å². The Balaban J connectivity index is 1.59. The summed E-state index contributed by atoms with van der Waals surface area (Å²) in [6.45, 7) is 1.92. The van der Waals surface area contributed by atoms with Gasteiger partial charge in [0.05, 0.1) is 11.3 Å². The smallest absolute Gasteiger partial charge is 0.301 e. The molecule has 2 amide bonds. The molecule has 1 aliphatic heterocycles. The molecular weight excluding hydrogens is 354 g/mol. The second kappa shape index (κ2) is 7.04. The quantitative estimate of drug-likeness (QED) is 0.679. The molecular formula is C23H17NO4. The molecule has 0 saturated heterocycles. The highest BCUT2D eigenvalue weighted by Crippen LogP contribution is 2.33. The van der Waals surface area contributed by atoms with Gasteiger partial charge in [0.15, 0.2) is 5.76 Å². The molecule has 0 aromatic heterocycles. The molecule has 0 saturated carbocycles. The van der Waals surface area contributed by atoms with Crippen molar-refractivity contribution in [3.05, 3.63) is 95.7 Å². The molecule has 1 aliphatic rings. The fourth-order valence-electron chi connectivity index (χ4n) is 3.02. The summed E-state index contributed by atoms with van der Waals surface area (Å²) in [4.78, 5) is 26.3. The number of benzene rings is 3. The van der Waals surface area contributed by atoms with Gasteiger partial charge in [-0.1, -0.05) is 48.0 Å². The van der Waals surface area contributed by atoms with Crippen molar-refractivity contribution in [1.82, 2.24) is 0 Å². The van der Waals surface area contributed by atoms with Crippen LogP contribution in [0.25, 0.3) is 5.57 Å². The van der Waals surface area contributed by atoms with Crippen LogP contribution in [0, 0.1) is 6.92 Å². The first-order chi connectivity index (χ1) is 13.5. The number of hydrogen-bond acceptors (Lipinski definition) is 4. The molecule has 1 N–H and O–H groups in total. The molecule has 0 unspecified atom stereocenters. The summed E-state index contributed by atoms with van der Waals surface area (Å²) in [6.07, 6.45) is 0. The number of nitrogens with zero attached hydrogens (tertiary/aromatic N) is 1. The molecule has 0 bridgehead atoms. The normalized spacial score (nSPS) is 14.0. The molecule has 5 nitrogen and oxygen atoms in total. The number of ether oxygens (including phenoxy) is 1. The largest absolute Gasteiger partial charge is 0.502 e. The number of imide groups is 1. The molecule has 1 heterocycles. The van der Waals surface area contributed by atoms with Gasteiger partial charge in [0.2, 0.25) is 0 Å². The van der Waals surface area contributed by atoms with Crippen molar-refractivity contribution in [2.24, 2.45) is 0 Å². The zero-order chi connectivity index (χ0) is 19.7. The first-order valence-electron chi connectivity index (χ1n) is 8.76. The van der Waals surface area contributed by atoms with Crippen LogP contribution in [-0.4, -0.2) is 16.9 Å². The van der Waals surface area contributed by atoms with E-state index in [2.05, 4.69) is 0 Å². The number of rotatable bonds is 4. The van der Waals surface area contributed by atoms with E-state index in [4.69, 9.17) is 4.74 Å². The number of aryl methyl sites for hydroxylation is 1. The summed E-state index contributed by atoms with van der Waals surface area (Å²) in [6, 6.07) is 22.9. The molecule has 0 fully saturated rings. The van der Waals surface area contributed by atoms with Crippen LogP contribution < -0.4 is 9.64 Å². The van der Waals surface area contributed by atoms with Crippen LogP contribution in [0.4, 0.5) is 5.69 Å². The van der Waals surface area contributed by atoms with Crippen LogP contribution in [0.5, 0.6) is 11.5 Å². The third-order valence-electron chi connectivity index (χ3n) is 4.47. The predicted octanol–water partition coefficient (Wildman–Crippen LogP) is 4.63. The summed E-state index contributed by atoms with van der Waals surface area (Å²) < 4.78 is 5.72. The number of carbonyl (C=O) groups is 2. The number of amides is 2. The van der Waals surface area contributed by atoms with Gasteiger partial charge in [-0.25, -0.2) is 4.90 Å². The van der Waals surface area contributed by atoms with Crippen molar-refractivity contribution in [1.29, 1.82) is 0 Å². The standard InChI is InChI=1S/C23H17NO4/c1-15-7-9-16(10-8-15)20-21(25)23(27)24(22(20)26)17-11-13-19(14-12-17)28-18-5-3-2-4-6-18/h2-14,25H,1H3. The highest BCUT2D eigenvalue weighted by molar-refractivity contribution is 6.44. The maximum atomic E-state index is 12.8. The Morgan fingerprint density at radius 3 is 2.00 bits per heavy atom. The number of aliphatic hydroxyl groups excluding tert-OH is 1. The van der Waals surface area contributed by atoms with Crippen LogP contribution in [-0.2, 0) is 9.59 Å². The van der Waals surface area contributed by atoms with Crippen LogP contribution in [0.1, 0.15) is 11.1 Å². The van der Waals surface area contributed by atoms with Crippen LogP contribution in [0.2, 0.25) is 0 Å². The van der Waals surface area contributed by atoms with Gasteiger partial charge in [-0.3, -0.25) is 9.59 Å². The molecule has 0 spiro atoms. The second-order valence-electron chi connectivity index (χ2n) is 6.44. The van der Waals surface area contributed by atoms with Gasteiger partial charge >= 0.3 is 5.91 Å². The Bertz CT molecular complexity index is 1070. The Labute approximate surface area is 162 Å². The lowest BCUT2D eigenvalue weighted by Gasteiger charge is -2.15. The van der Waals surface area contributed by atoms with Gasteiger partial charge in [-0.05, 0) is 48.9 Å². The van der Waals surface area contributed by atoms with Crippen molar-refractivity contribution in [3.63, 3.8) is 0 Å². The van der Waals surface area contributed by atoms with Gasteiger partial charge in [0.25, 0.3) is 5.91 Å². The van der Waals surface area contributed by atoms with Gasteiger partial charge in [-0.2, -0.15) is 0 Å². The Morgan fingerprint density at radius 2 is 1.36 bits per heavy atom. The van der Waals surface area contributed by atoms with E-state index in [0.29, 0.717) is 22.7 Å². The van der Waals surface area contributed by atoms with E-state index in [0.717, 1.165) is 10.5 Å². The van der Waals surface area contributed by atoms with Crippen molar-refractivity contribution in [2.45, 2.75) is 6.92 Å². The lowest BCUT2D eigenvalue weighted by molar-refractivity contribution is -0.121. The van der Waals surface area contributed by atoms with Crippen LogP contribution in [0.15, 0.2) is 84.6 Å². The highest BCUT2D eigenvalue weighted by atomic mass is 16.5. The minimum atomic E-state index is -0.739. The van der Waals surface area contributed by atoms with E-state index >= 15 is 0 Å². The van der Waals surface area contributed by atoms with E-state index < -0.39 is 17.6 Å². The molecule has 3 aromatic rings. The van der Waals surface area contributed by atoms with E-state index in [1.165, 1.54) is 0 Å². The zero-order valence-corrected chi connectivity index (χ0v) is 15.1. The minimum Gasteiger partial charge on any atom is -0.502 e. The molecule has 28 heavy (non-hydrogen) atoms. The van der Waals surface area contributed by atoms with Crippen molar-refractivity contribution < 1.29 is 19.4 Å². The maximum absolute atomic E-state index is 12.8. The van der Waals surface area contributed by atoms with E-state index in [1.807, 2.05) is 49.4 Å². The molecule has 138 valence electrons. The summed E-state index contributed by atoms with van der Waals surface area (Å²) in [5, 5.41) is 10.3. The maximum Gasteiger partial charge on any atom is 0.301 e. The Hall–Kier alpha value is -3.86. The third-order valence-corrected chi connectivity index (χ3v) is 4.47. The van der Waals surface area contributed by atoms with Crippen LogP contribution >= 0.6 is 0 Å². The fraction of sp³-hybridized carbons (Fsp3) is 0.0435. The van der Waals surface area contributed by atoms with Crippen LogP contribution in [0.3, 0.4) is 0 Å². The van der Waals surface area contributed by atoms with Crippen molar-refractivity contribution in [3.8, 4) is 11.5 Å². The third kappa shape index (κ3) is 3.14. The lowest BCUT2D eigenvalue weighted by atomic mass is 10.0. The second-order valence-corrected chi connectivity index (χ2v) is 6.44. The van der Waals surface area contributed by atoms with E-state index in [9.17, 15) is 14.7 Å². The van der Waals surface area contributed by atoms with E-state index in [-0.39, 0.29) is 5.57 Å². The molecule has 3 aromatic carbocycles. The molecule has 0 atom stereocenters. The average molecular weight is 371 g/mol. The number of aliphatic hydroxyl groups is 1. The van der Waals surface area contributed by atoms with E-state index in [1.54, 1.807) is 36.4 Å². The zero-order valence-electron chi connectivity index (χ0n) is 15.1. The Kier molecular flexibility index (Phi) is 4.41. The first-order valence-corrected chi connectivity index (χ1v) is 8.76. The monoisotopic (exact) mass is 371 g/mol. The number of anilines is 1. The molecule has 0 radical (unpaired) electrons. The number of para-hydroxylation sites is 1. The molecule has 4 rings (SSSR count). The fourth-order valence-corrected chi connectivity index (χ4v) is 3.02. The summed E-state index contributed by atoms with van der Waals surface area (Å²) in [7, 11) is 0. The number of carbonyl (C=O) groups excluding carboxylic acids is 2. The summed E-state index contributed by atoms with van der Waals surface area (Å²) >= 11 is 0. The minimum absolute atomic E-state index is 0.00890. The molecule has 0 aliphatic carbocycles. The SMILES string of the molecule is Cc1ccc(C2=C(O)C(=O)N(c3ccc(Oc4ccccc4)cc3)C2=O)cc1. The molecule has 5 heteroatoms.